The fourth-order valence-electron chi connectivity index (χ4n) is 4.81. The molecular formula is C30H48N2O5. The lowest BCUT2D eigenvalue weighted by molar-refractivity contribution is 0.240. The third kappa shape index (κ3) is 7.84. The number of rotatable bonds is 16. The summed E-state index contributed by atoms with van der Waals surface area (Å²) in [4.78, 5) is 2.27. The Hall–Kier alpha value is -2.80. The highest BCUT2D eigenvalue weighted by Crippen LogP contribution is 2.43. The van der Waals surface area contributed by atoms with E-state index < -0.39 is 0 Å². The van der Waals surface area contributed by atoms with Crippen LogP contribution in [0.2, 0.25) is 0 Å². The van der Waals surface area contributed by atoms with Crippen molar-refractivity contribution in [2.45, 2.75) is 59.0 Å². The van der Waals surface area contributed by atoms with Crippen molar-refractivity contribution in [3.8, 4) is 28.7 Å². The summed E-state index contributed by atoms with van der Waals surface area (Å²) in [7, 11) is 10.4. The van der Waals surface area contributed by atoms with Crippen LogP contribution in [0.4, 0.5) is 5.69 Å². The summed E-state index contributed by atoms with van der Waals surface area (Å²) in [5.74, 6) is 4.36. The van der Waals surface area contributed by atoms with Gasteiger partial charge in [-0.15, -0.1) is 0 Å². The molecule has 0 aliphatic heterocycles. The number of anilines is 1. The highest BCUT2D eigenvalue weighted by Gasteiger charge is 2.29. The summed E-state index contributed by atoms with van der Waals surface area (Å²) in [6.07, 6.45) is 3.17. The van der Waals surface area contributed by atoms with Crippen molar-refractivity contribution in [2.24, 2.45) is 11.8 Å². The molecule has 0 aliphatic rings. The molecule has 0 radical (unpaired) electrons. The van der Waals surface area contributed by atoms with E-state index in [1.54, 1.807) is 35.5 Å². The minimum absolute atomic E-state index is 0.148. The number of ether oxygens (including phenoxy) is 5. The molecule has 7 nitrogen and oxygen atoms in total. The van der Waals surface area contributed by atoms with Crippen LogP contribution >= 0.6 is 0 Å². The van der Waals surface area contributed by atoms with E-state index in [4.69, 9.17) is 23.7 Å². The van der Waals surface area contributed by atoms with Crippen LogP contribution in [-0.4, -0.2) is 55.2 Å². The van der Waals surface area contributed by atoms with E-state index in [1.165, 1.54) is 0 Å². The smallest absolute Gasteiger partial charge is 0.203 e. The molecule has 3 atom stereocenters. The summed E-state index contributed by atoms with van der Waals surface area (Å²) in [6.45, 7) is 10.0. The molecule has 0 saturated heterocycles. The van der Waals surface area contributed by atoms with Crippen molar-refractivity contribution in [3.05, 3.63) is 35.9 Å². The first-order valence-electron chi connectivity index (χ1n) is 13.2. The number of methoxy groups -OCH3 is 5. The molecule has 208 valence electrons. The summed E-state index contributed by atoms with van der Waals surface area (Å²) in [6, 6.07) is 10.8. The van der Waals surface area contributed by atoms with Gasteiger partial charge in [0.05, 0.1) is 35.5 Å². The SMILES string of the molecule is CCC(C)NC(c1cc(OC)c(OC)c(OC)c1)C(CCCN(C)c1ccc(OC)c(OC)c1)C(C)C. The second kappa shape index (κ2) is 14.8. The van der Waals surface area contributed by atoms with Crippen LogP contribution in [0.3, 0.4) is 0 Å². The average Bonchev–Trinajstić information content (AvgIpc) is 2.92. The van der Waals surface area contributed by atoms with Crippen molar-refractivity contribution < 1.29 is 23.7 Å². The van der Waals surface area contributed by atoms with Crippen LogP contribution in [0.5, 0.6) is 28.7 Å². The average molecular weight is 517 g/mol. The molecule has 0 heterocycles. The van der Waals surface area contributed by atoms with Gasteiger partial charge in [-0.1, -0.05) is 20.8 Å². The van der Waals surface area contributed by atoms with E-state index in [0.717, 1.165) is 48.6 Å². The largest absolute Gasteiger partial charge is 0.493 e. The van der Waals surface area contributed by atoms with Gasteiger partial charge in [0.2, 0.25) is 5.75 Å². The van der Waals surface area contributed by atoms with E-state index >= 15 is 0 Å². The van der Waals surface area contributed by atoms with Gasteiger partial charge in [0.15, 0.2) is 23.0 Å². The third-order valence-corrected chi connectivity index (χ3v) is 7.25. The molecule has 0 saturated carbocycles. The Balaban J connectivity index is 2.29. The first-order valence-corrected chi connectivity index (χ1v) is 13.2. The normalized spacial score (nSPS) is 13.6. The number of hydrogen-bond donors (Lipinski definition) is 1. The van der Waals surface area contributed by atoms with E-state index in [0.29, 0.717) is 35.1 Å². The Bertz CT molecular complexity index is 940. The molecular weight excluding hydrogens is 468 g/mol. The maximum Gasteiger partial charge on any atom is 0.203 e. The number of benzene rings is 2. The van der Waals surface area contributed by atoms with E-state index in [9.17, 15) is 0 Å². The van der Waals surface area contributed by atoms with E-state index in [2.05, 4.69) is 63.2 Å². The fraction of sp³-hybridized carbons (Fsp3) is 0.600. The molecule has 0 spiro atoms. The second-order valence-corrected chi connectivity index (χ2v) is 9.92. The minimum atomic E-state index is 0.148. The van der Waals surface area contributed by atoms with Gasteiger partial charge in [0.25, 0.3) is 0 Å². The molecule has 2 rings (SSSR count). The first-order chi connectivity index (χ1) is 17.7. The van der Waals surface area contributed by atoms with Crippen LogP contribution in [0.25, 0.3) is 0 Å². The number of hydrogen-bond acceptors (Lipinski definition) is 7. The van der Waals surface area contributed by atoms with Gasteiger partial charge in [-0.25, -0.2) is 0 Å². The van der Waals surface area contributed by atoms with E-state index in [1.807, 2.05) is 12.1 Å². The summed E-state index contributed by atoms with van der Waals surface area (Å²) in [5, 5.41) is 3.91. The molecule has 1 N–H and O–H groups in total. The monoisotopic (exact) mass is 516 g/mol. The lowest BCUT2D eigenvalue weighted by atomic mass is 9.80. The maximum absolute atomic E-state index is 5.68. The Labute approximate surface area is 224 Å². The molecule has 7 heteroatoms. The van der Waals surface area contributed by atoms with Gasteiger partial charge < -0.3 is 33.9 Å². The quantitative estimate of drug-likeness (QED) is 0.279. The minimum Gasteiger partial charge on any atom is -0.493 e. The first kappa shape index (κ1) is 30.4. The highest BCUT2D eigenvalue weighted by atomic mass is 16.5. The van der Waals surface area contributed by atoms with Gasteiger partial charge in [-0.2, -0.15) is 0 Å². The zero-order valence-corrected chi connectivity index (χ0v) is 24.5. The molecule has 2 aromatic rings. The highest BCUT2D eigenvalue weighted by molar-refractivity contribution is 5.56. The summed E-state index contributed by atoms with van der Waals surface area (Å²) < 4.78 is 27.8. The zero-order chi connectivity index (χ0) is 27.5. The molecule has 37 heavy (non-hydrogen) atoms. The van der Waals surface area contributed by atoms with Crippen LogP contribution in [0, 0.1) is 11.8 Å². The molecule has 0 bridgehead atoms. The van der Waals surface area contributed by atoms with Crippen molar-refractivity contribution in [3.63, 3.8) is 0 Å². The lowest BCUT2D eigenvalue weighted by Crippen LogP contribution is -2.37. The summed E-state index contributed by atoms with van der Waals surface area (Å²) >= 11 is 0. The second-order valence-electron chi connectivity index (χ2n) is 9.92. The molecule has 0 aromatic heterocycles. The van der Waals surface area contributed by atoms with Crippen molar-refractivity contribution in [1.82, 2.24) is 5.32 Å². The summed E-state index contributed by atoms with van der Waals surface area (Å²) in [5.41, 5.74) is 2.26. The van der Waals surface area contributed by atoms with Gasteiger partial charge in [-0.3, -0.25) is 0 Å². The van der Waals surface area contributed by atoms with Crippen LogP contribution in [-0.2, 0) is 0 Å². The predicted molar refractivity (Wildman–Crippen MR) is 152 cm³/mol. The molecule has 3 unspecified atom stereocenters. The molecule has 0 fully saturated rings. The van der Waals surface area contributed by atoms with Gasteiger partial charge in [-0.05, 0) is 67.9 Å². The zero-order valence-electron chi connectivity index (χ0n) is 24.5. The van der Waals surface area contributed by atoms with Gasteiger partial charge >= 0.3 is 0 Å². The predicted octanol–water partition coefficient (Wildman–Crippen LogP) is 6.35. The van der Waals surface area contributed by atoms with Crippen LogP contribution in [0.1, 0.15) is 58.6 Å². The lowest BCUT2D eigenvalue weighted by Gasteiger charge is -2.35. The molecule has 2 aromatic carbocycles. The van der Waals surface area contributed by atoms with Crippen molar-refractivity contribution in [1.29, 1.82) is 0 Å². The van der Waals surface area contributed by atoms with E-state index in [-0.39, 0.29) is 6.04 Å². The van der Waals surface area contributed by atoms with Gasteiger partial charge in [0.1, 0.15) is 0 Å². The molecule has 0 amide bonds. The molecule has 0 aliphatic carbocycles. The number of nitrogens with zero attached hydrogens (tertiary/aromatic N) is 1. The Morgan fingerprint density at radius 3 is 1.86 bits per heavy atom. The Kier molecular flexibility index (Phi) is 12.2. The maximum atomic E-state index is 5.68. The van der Waals surface area contributed by atoms with Crippen LogP contribution in [0.15, 0.2) is 30.3 Å². The fourth-order valence-corrected chi connectivity index (χ4v) is 4.81. The van der Waals surface area contributed by atoms with Crippen molar-refractivity contribution >= 4 is 5.69 Å². The Morgan fingerprint density at radius 2 is 1.38 bits per heavy atom. The topological polar surface area (TPSA) is 61.4 Å². The number of nitrogens with one attached hydrogen (secondary N) is 1. The third-order valence-electron chi connectivity index (χ3n) is 7.25. The van der Waals surface area contributed by atoms with Crippen LogP contribution < -0.4 is 33.9 Å². The van der Waals surface area contributed by atoms with Gasteiger partial charge in [0, 0.05) is 37.4 Å². The standard InChI is InChI=1S/C30H48N2O5/c1-11-21(4)31-29(22-17-27(35-8)30(37-10)28(18-22)36-9)24(20(2)3)13-12-16-32(5)23-14-15-25(33-6)26(19-23)34-7/h14-15,17-21,24,29,31H,11-13,16H2,1-10H3. The van der Waals surface area contributed by atoms with Crippen molar-refractivity contribution in [2.75, 3.05) is 54.0 Å². The Morgan fingerprint density at radius 1 is 0.784 bits per heavy atom.